The maximum atomic E-state index is 12.7. The topological polar surface area (TPSA) is 193 Å². The summed E-state index contributed by atoms with van der Waals surface area (Å²) >= 11 is 1.68. The number of pyridine rings is 4. The number of aliphatic imine (C=N–C) groups is 2. The molecule has 0 fully saturated rings. The number of nitrogens with zero attached hydrogens (tertiary/aromatic N) is 6. The second-order valence-electron chi connectivity index (χ2n) is 16.5. The van der Waals surface area contributed by atoms with Crippen LogP contribution in [0.15, 0.2) is 119 Å². The molecule has 352 valence electrons. The molecule has 69 heavy (non-hydrogen) atoms. The van der Waals surface area contributed by atoms with Gasteiger partial charge in [-0.2, -0.15) is 0 Å². The minimum Gasteiger partial charge on any atom is -0.507 e. The summed E-state index contributed by atoms with van der Waals surface area (Å²) in [7, 11) is 2.03. The van der Waals surface area contributed by atoms with Crippen LogP contribution >= 0.6 is 11.8 Å². The third-order valence-corrected chi connectivity index (χ3v) is 14.2. The third-order valence-electron chi connectivity index (χ3n) is 12.0. The summed E-state index contributed by atoms with van der Waals surface area (Å²) in [5.41, 5.74) is 10.3. The zero-order chi connectivity index (χ0) is 48.8. The second kappa shape index (κ2) is 21.5. The molecule has 15 heteroatoms. The Bertz CT molecular complexity index is 3240. The van der Waals surface area contributed by atoms with Crippen LogP contribution in [-0.4, -0.2) is 68.9 Å². The zero-order valence-corrected chi connectivity index (χ0v) is 40.8. The number of phenolic OH excluding ortho intramolecular Hbond substituents is 2. The first kappa shape index (κ1) is 48.4. The van der Waals surface area contributed by atoms with Crippen molar-refractivity contribution in [3.63, 3.8) is 0 Å². The lowest BCUT2D eigenvalue weighted by molar-refractivity contribution is 0.277. The van der Waals surface area contributed by atoms with Crippen molar-refractivity contribution >= 4 is 65.8 Å². The summed E-state index contributed by atoms with van der Waals surface area (Å²) in [5.74, 6) is 4.35. The highest BCUT2D eigenvalue weighted by Crippen LogP contribution is 2.44. The molecule has 6 heterocycles. The molecule has 0 aliphatic carbocycles. The number of aromatic nitrogens is 4. The van der Waals surface area contributed by atoms with Crippen LogP contribution in [0.1, 0.15) is 56.2 Å². The number of thioether (sulfide) groups is 1. The molecular weight excluding hydrogens is 909 g/mol. The molecule has 13 nitrogen and oxygen atoms in total. The highest BCUT2D eigenvalue weighted by atomic mass is 32.2. The molecule has 0 saturated carbocycles. The van der Waals surface area contributed by atoms with Crippen molar-refractivity contribution in [1.29, 1.82) is 0 Å². The number of fused-ring (bicyclic) bond motifs is 4. The first-order valence-electron chi connectivity index (χ1n) is 22.2. The van der Waals surface area contributed by atoms with Gasteiger partial charge < -0.3 is 29.9 Å². The minimum absolute atomic E-state index is 0.0580. The van der Waals surface area contributed by atoms with Crippen LogP contribution in [0, 0.1) is 27.7 Å². The molecule has 8 aromatic rings. The van der Waals surface area contributed by atoms with E-state index in [0.717, 1.165) is 101 Å². The molecule has 0 amide bonds. The number of aromatic hydroxyl groups is 2. The van der Waals surface area contributed by atoms with Gasteiger partial charge in [0.15, 0.2) is 11.6 Å². The van der Waals surface area contributed by atoms with Gasteiger partial charge in [-0.1, -0.05) is 72.8 Å². The number of aryl methyl sites for hydroxylation is 2. The van der Waals surface area contributed by atoms with Crippen molar-refractivity contribution in [2.45, 2.75) is 65.3 Å². The fraction of sp³-hybridized carbons (Fsp3) is 0.222. The average Bonchev–Trinajstić information content (AvgIpc) is 3.99. The fourth-order valence-electron chi connectivity index (χ4n) is 8.37. The number of hydrogen-bond donors (Lipinski definition) is 4. The molecule has 0 spiro atoms. The van der Waals surface area contributed by atoms with Gasteiger partial charge in [0.2, 0.25) is 0 Å². The molecular formula is C54H52N6O7S2. The summed E-state index contributed by atoms with van der Waals surface area (Å²) in [6.45, 7) is 7.70. The number of hydrogen-bond acceptors (Lipinski definition) is 14. The number of aliphatic hydroxyl groups is 2. The molecule has 2 aliphatic rings. The number of phenols is 2. The quantitative estimate of drug-likeness (QED) is 0.107. The smallest absolute Gasteiger partial charge is 0.156 e. The normalized spacial score (nSPS) is 12.8. The van der Waals surface area contributed by atoms with Gasteiger partial charge in [-0.05, 0) is 73.5 Å². The molecule has 4 N–H and O–H groups in total. The fourth-order valence-corrected chi connectivity index (χ4v) is 10.6. The molecule has 1 atom stereocenters. The van der Waals surface area contributed by atoms with E-state index in [2.05, 4.69) is 29.9 Å². The Morgan fingerprint density at radius 1 is 0.609 bits per heavy atom. The molecule has 2 aliphatic heterocycles. The lowest BCUT2D eigenvalue weighted by Crippen LogP contribution is -2.12. The van der Waals surface area contributed by atoms with E-state index < -0.39 is 10.8 Å². The van der Waals surface area contributed by atoms with Crippen LogP contribution in [0.5, 0.6) is 23.0 Å². The molecule has 1 unspecified atom stereocenters. The Morgan fingerprint density at radius 3 is 1.64 bits per heavy atom. The number of benzene rings is 4. The van der Waals surface area contributed by atoms with Crippen molar-refractivity contribution in [2.24, 2.45) is 9.98 Å². The van der Waals surface area contributed by atoms with E-state index >= 15 is 0 Å². The highest BCUT2D eigenvalue weighted by molar-refractivity contribution is 8.13. The minimum atomic E-state index is -1.28. The Kier molecular flexibility index (Phi) is 15.1. The number of aliphatic hydroxyl groups excluding tert-OH is 2. The number of rotatable bonds is 9. The summed E-state index contributed by atoms with van der Waals surface area (Å²) in [4.78, 5) is 26.5. The summed E-state index contributed by atoms with van der Waals surface area (Å²) in [6.07, 6.45) is 4.89. The lowest BCUT2D eigenvalue weighted by Gasteiger charge is -2.14. The van der Waals surface area contributed by atoms with E-state index in [1.54, 1.807) is 50.4 Å². The lowest BCUT2D eigenvalue weighted by atomic mass is 9.92. The van der Waals surface area contributed by atoms with Gasteiger partial charge in [0.25, 0.3) is 0 Å². The van der Waals surface area contributed by atoms with Crippen LogP contribution < -0.4 is 9.47 Å². The van der Waals surface area contributed by atoms with Gasteiger partial charge >= 0.3 is 0 Å². The van der Waals surface area contributed by atoms with Gasteiger partial charge in [-0.3, -0.25) is 14.2 Å². The van der Waals surface area contributed by atoms with Crippen molar-refractivity contribution < 1.29 is 34.1 Å². The highest BCUT2D eigenvalue weighted by Gasteiger charge is 2.24. The van der Waals surface area contributed by atoms with Crippen molar-refractivity contribution in [1.82, 2.24) is 19.9 Å². The predicted molar refractivity (Wildman–Crippen MR) is 276 cm³/mol. The molecule has 0 bridgehead atoms. The standard InChI is InChI=1S/C20H14O2.C17H19N3O3S.C17H19N3O2S/c21-17-11-9-13-5-1-3-7-15(13)19(17)20-16-8-4-2-6-14(16)10-12-18(20)22;1-10-7-18-14(11(2)16(10)23-3)9-24(22)15-6-12-4-5-13(8-21)19-17(12)20-15;1-10-7-18-14(11(2)16(10)22-3)9-23-15-6-12-4-5-13(8-21)19-17(12)20-15/h1-12,21-22H;4-5,7,21H,6,8-9H2,1-3H3;4-5,7,21H,6,8-9H2,1-3H3. The van der Waals surface area contributed by atoms with Gasteiger partial charge in [-0.25, -0.2) is 20.0 Å². The summed E-state index contributed by atoms with van der Waals surface area (Å²) < 4.78 is 23.5. The Balaban J connectivity index is 0.000000140. The largest absolute Gasteiger partial charge is 0.507 e. The van der Waals surface area contributed by atoms with E-state index in [0.29, 0.717) is 45.6 Å². The van der Waals surface area contributed by atoms with Crippen LogP contribution in [-0.2, 0) is 48.4 Å². The van der Waals surface area contributed by atoms with Gasteiger partial charge in [0.1, 0.15) is 28.0 Å². The Morgan fingerprint density at radius 2 is 1.10 bits per heavy atom. The predicted octanol–water partition coefficient (Wildman–Crippen LogP) is 10.3. The van der Waals surface area contributed by atoms with Gasteiger partial charge in [0, 0.05) is 75.5 Å². The average molecular weight is 961 g/mol. The maximum Gasteiger partial charge on any atom is 0.156 e. The second-order valence-corrected chi connectivity index (χ2v) is 19.0. The number of ether oxygens (including phenoxy) is 2. The van der Waals surface area contributed by atoms with Crippen LogP contribution in [0.3, 0.4) is 0 Å². The number of methoxy groups -OCH3 is 2. The molecule has 4 aromatic heterocycles. The SMILES string of the molecule is COc1c(C)cnc(CS(=O)C2=Nc3nc(CO)ccc3C2)c1C.COc1c(C)cnc(CSC2=Nc3nc(CO)ccc3C2)c1C.Oc1ccc2ccccc2c1-c1c(O)ccc2ccccc12. The van der Waals surface area contributed by atoms with Crippen molar-refractivity contribution in [2.75, 3.05) is 14.2 Å². The first-order valence-corrected chi connectivity index (χ1v) is 24.5. The monoisotopic (exact) mass is 960 g/mol. The molecule has 10 rings (SSSR count). The van der Waals surface area contributed by atoms with Gasteiger partial charge in [0.05, 0.1) is 71.8 Å². The van der Waals surface area contributed by atoms with Crippen LogP contribution in [0.2, 0.25) is 0 Å². The van der Waals surface area contributed by atoms with Crippen molar-refractivity contribution in [3.8, 4) is 34.1 Å². The van der Waals surface area contributed by atoms with E-state index in [4.69, 9.17) is 19.7 Å². The first-order chi connectivity index (χ1) is 33.4. The van der Waals surface area contributed by atoms with Crippen LogP contribution in [0.4, 0.5) is 11.6 Å². The summed E-state index contributed by atoms with van der Waals surface area (Å²) in [5, 5.41) is 44.7. The van der Waals surface area contributed by atoms with E-state index in [1.165, 1.54) is 0 Å². The maximum absolute atomic E-state index is 12.7. The Labute approximate surface area is 407 Å². The molecule has 0 saturated heterocycles. The third kappa shape index (κ3) is 10.5. The molecule has 0 radical (unpaired) electrons. The molecule has 4 aromatic carbocycles. The van der Waals surface area contributed by atoms with Gasteiger partial charge in [-0.15, -0.1) is 11.8 Å². The Hall–Kier alpha value is -7.04. The van der Waals surface area contributed by atoms with Crippen LogP contribution in [0.25, 0.3) is 32.7 Å². The van der Waals surface area contributed by atoms with E-state index in [1.807, 2.05) is 113 Å². The van der Waals surface area contributed by atoms with E-state index in [9.17, 15) is 14.4 Å². The van der Waals surface area contributed by atoms with Crippen molar-refractivity contribution in [3.05, 3.63) is 166 Å². The summed E-state index contributed by atoms with van der Waals surface area (Å²) in [6, 6.07) is 30.3. The van der Waals surface area contributed by atoms with E-state index in [-0.39, 0.29) is 24.7 Å². The zero-order valence-electron chi connectivity index (χ0n) is 39.1.